The van der Waals surface area contributed by atoms with Crippen molar-refractivity contribution in [2.24, 2.45) is 0 Å². The van der Waals surface area contributed by atoms with E-state index in [0.717, 1.165) is 52.3 Å². The summed E-state index contributed by atoms with van der Waals surface area (Å²) >= 11 is 1.57. The maximum Gasteiger partial charge on any atom is 0.269 e. The highest BCUT2D eigenvalue weighted by Gasteiger charge is 2.51. The largest absolute Gasteiger partial charge is 0.366 e. The Hall–Kier alpha value is -2.98. The molecule has 6 nitrogen and oxygen atoms in total. The van der Waals surface area contributed by atoms with E-state index in [2.05, 4.69) is 11.0 Å². The molecule has 0 aliphatic carbocycles. The van der Waals surface area contributed by atoms with Crippen LogP contribution in [-0.2, 0) is 11.8 Å². The van der Waals surface area contributed by atoms with Crippen molar-refractivity contribution in [3.63, 3.8) is 0 Å². The number of piperidine rings is 1. The summed E-state index contributed by atoms with van der Waals surface area (Å²) in [6, 6.07) is 15.7. The molecule has 1 aromatic heterocycles. The molecule has 1 saturated heterocycles. The molecule has 7 heteroatoms. The maximum atomic E-state index is 11.3. The van der Waals surface area contributed by atoms with E-state index in [-0.39, 0.29) is 16.7 Å². The van der Waals surface area contributed by atoms with E-state index in [1.807, 2.05) is 30.3 Å². The van der Waals surface area contributed by atoms with Gasteiger partial charge in [0.15, 0.2) is 0 Å². The molecule has 2 aromatic carbocycles. The van der Waals surface area contributed by atoms with Gasteiger partial charge in [0.05, 0.1) is 27.3 Å². The van der Waals surface area contributed by atoms with Crippen molar-refractivity contribution in [2.45, 2.75) is 37.1 Å². The molecule has 3 heterocycles. The number of benzene rings is 2. The van der Waals surface area contributed by atoms with Crippen molar-refractivity contribution in [3.8, 4) is 6.07 Å². The van der Waals surface area contributed by atoms with Crippen LogP contribution in [-0.4, -0.2) is 22.5 Å². The van der Waals surface area contributed by atoms with Crippen LogP contribution < -0.4 is 4.90 Å². The lowest BCUT2D eigenvalue weighted by atomic mass is 9.69. The fourth-order valence-electron chi connectivity index (χ4n) is 4.70. The fourth-order valence-corrected chi connectivity index (χ4v) is 5.85. The van der Waals surface area contributed by atoms with Gasteiger partial charge in [0.2, 0.25) is 0 Å². The van der Waals surface area contributed by atoms with Gasteiger partial charge in [-0.25, -0.2) is 4.98 Å². The van der Waals surface area contributed by atoms with Crippen LogP contribution in [0, 0.1) is 21.4 Å². The van der Waals surface area contributed by atoms with Gasteiger partial charge in [-0.15, -0.1) is 11.3 Å². The predicted octanol–water partition coefficient (Wildman–Crippen LogP) is 4.58. The molecule has 0 spiro atoms. The van der Waals surface area contributed by atoms with Crippen molar-refractivity contribution in [3.05, 3.63) is 63.1 Å². The minimum absolute atomic E-state index is 0.0424. The van der Waals surface area contributed by atoms with Crippen molar-refractivity contribution in [2.75, 3.05) is 11.4 Å². The number of hydrogen-bond acceptors (Lipinski definition) is 6. The minimum atomic E-state index is -0.785. The Labute approximate surface area is 166 Å². The molecule has 28 heavy (non-hydrogen) atoms. The van der Waals surface area contributed by atoms with Gasteiger partial charge >= 0.3 is 0 Å². The van der Waals surface area contributed by atoms with Gasteiger partial charge in [-0.3, -0.25) is 10.1 Å². The van der Waals surface area contributed by atoms with Crippen molar-refractivity contribution < 1.29 is 4.92 Å². The van der Waals surface area contributed by atoms with E-state index >= 15 is 0 Å². The molecule has 5 rings (SSSR count). The Balaban J connectivity index is 1.71. The summed E-state index contributed by atoms with van der Waals surface area (Å²) in [4.78, 5) is 18.1. The zero-order chi connectivity index (χ0) is 19.3. The Bertz CT molecular complexity index is 1100. The number of anilines is 1. The number of nitrogens with zero attached hydrogens (tertiary/aromatic N) is 4. The number of para-hydroxylation sites is 1. The summed E-state index contributed by atoms with van der Waals surface area (Å²) in [6.07, 6.45) is 3.54. The van der Waals surface area contributed by atoms with Gasteiger partial charge in [0.25, 0.3) is 5.69 Å². The van der Waals surface area contributed by atoms with Crippen molar-refractivity contribution in [1.82, 2.24) is 4.98 Å². The molecule has 1 fully saturated rings. The minimum Gasteiger partial charge on any atom is -0.366 e. The van der Waals surface area contributed by atoms with Gasteiger partial charge in [-0.2, -0.15) is 5.26 Å². The Morgan fingerprint density at radius 1 is 1.29 bits per heavy atom. The van der Waals surface area contributed by atoms with Crippen LogP contribution in [0.1, 0.15) is 29.8 Å². The molecule has 0 amide bonds. The molecule has 0 radical (unpaired) electrons. The topological polar surface area (TPSA) is 83.1 Å². The van der Waals surface area contributed by atoms with Crippen LogP contribution in [0.25, 0.3) is 10.2 Å². The van der Waals surface area contributed by atoms with Crippen LogP contribution in [0.5, 0.6) is 0 Å². The lowest BCUT2D eigenvalue weighted by Crippen LogP contribution is -2.56. The van der Waals surface area contributed by atoms with Gasteiger partial charge in [0.1, 0.15) is 10.4 Å². The molecule has 0 unspecified atom stereocenters. The highest BCUT2D eigenvalue weighted by atomic mass is 32.1. The summed E-state index contributed by atoms with van der Waals surface area (Å²) in [5, 5.41) is 22.5. The first kappa shape index (κ1) is 17.1. The summed E-state index contributed by atoms with van der Waals surface area (Å²) in [6.45, 7) is 0.865. The zero-order valence-electron chi connectivity index (χ0n) is 15.2. The smallest absolute Gasteiger partial charge is 0.269 e. The SMILES string of the molecule is N#C[C@@]1(c2nc3ccccc3s2)Cc2cc([N+](=O)[O-])ccc2N2CCCC[C@@H]21. The van der Waals surface area contributed by atoms with Crippen molar-refractivity contribution >= 4 is 32.9 Å². The Morgan fingerprint density at radius 2 is 2.14 bits per heavy atom. The highest BCUT2D eigenvalue weighted by Crippen LogP contribution is 2.48. The molecule has 0 saturated carbocycles. The van der Waals surface area contributed by atoms with E-state index in [0.29, 0.717) is 6.42 Å². The van der Waals surface area contributed by atoms with E-state index < -0.39 is 5.41 Å². The summed E-state index contributed by atoms with van der Waals surface area (Å²) < 4.78 is 1.07. The van der Waals surface area contributed by atoms with Crippen LogP contribution in [0.4, 0.5) is 11.4 Å². The molecule has 0 bridgehead atoms. The summed E-state index contributed by atoms with van der Waals surface area (Å²) in [7, 11) is 0. The van der Waals surface area contributed by atoms with E-state index in [4.69, 9.17) is 4.98 Å². The van der Waals surface area contributed by atoms with E-state index in [1.165, 1.54) is 0 Å². The second kappa shape index (κ2) is 6.28. The summed E-state index contributed by atoms with van der Waals surface area (Å²) in [5.74, 6) is 0. The Morgan fingerprint density at radius 3 is 2.93 bits per heavy atom. The number of non-ortho nitro benzene ring substituents is 1. The highest BCUT2D eigenvalue weighted by molar-refractivity contribution is 7.18. The molecule has 0 N–H and O–H groups in total. The lowest BCUT2D eigenvalue weighted by molar-refractivity contribution is -0.384. The average molecular weight is 390 g/mol. The molecule has 2 atom stereocenters. The average Bonchev–Trinajstić information content (AvgIpc) is 3.17. The van der Waals surface area contributed by atoms with Gasteiger partial charge < -0.3 is 4.90 Å². The van der Waals surface area contributed by atoms with Gasteiger partial charge in [-0.05, 0) is 43.0 Å². The standard InChI is InChI=1S/C21H18N4O2S/c22-13-21(20-23-16-5-1-2-6-18(16)28-20)12-14-11-15(25(26)27)8-9-17(14)24-10-4-3-7-19(21)24/h1-2,5-6,8-9,11,19H,3-4,7,10,12H2/t19-,21+/m1/s1. The lowest BCUT2D eigenvalue weighted by Gasteiger charge is -2.49. The number of rotatable bonds is 2. The van der Waals surface area contributed by atoms with Crippen LogP contribution >= 0.6 is 11.3 Å². The van der Waals surface area contributed by atoms with E-state index in [9.17, 15) is 15.4 Å². The molecule has 140 valence electrons. The third-order valence-electron chi connectivity index (χ3n) is 6.00. The number of thiazole rings is 1. The molecular weight excluding hydrogens is 372 g/mol. The number of aromatic nitrogens is 1. The first-order valence-electron chi connectivity index (χ1n) is 9.44. The third-order valence-corrected chi connectivity index (χ3v) is 7.21. The van der Waals surface area contributed by atoms with Crippen LogP contribution in [0.2, 0.25) is 0 Å². The number of nitro groups is 1. The van der Waals surface area contributed by atoms with Gasteiger partial charge in [0, 0.05) is 30.8 Å². The normalized spacial score (nSPS) is 23.7. The maximum absolute atomic E-state index is 11.3. The van der Waals surface area contributed by atoms with Crippen molar-refractivity contribution in [1.29, 1.82) is 5.26 Å². The Kier molecular flexibility index (Phi) is 3.84. The number of nitro benzene ring substituents is 1. The third kappa shape index (κ3) is 2.41. The molecular formula is C21H18N4O2S. The number of nitriles is 1. The molecule has 2 aliphatic rings. The number of hydrogen-bond donors (Lipinski definition) is 0. The summed E-state index contributed by atoms with van der Waals surface area (Å²) in [5.41, 5.74) is 2.09. The fraction of sp³-hybridized carbons (Fsp3) is 0.333. The zero-order valence-corrected chi connectivity index (χ0v) is 16.0. The second-order valence-electron chi connectivity index (χ2n) is 7.52. The molecule has 2 aliphatic heterocycles. The molecule has 3 aromatic rings. The number of fused-ring (bicyclic) bond motifs is 4. The first-order valence-corrected chi connectivity index (χ1v) is 10.3. The first-order chi connectivity index (χ1) is 13.6. The predicted molar refractivity (Wildman–Crippen MR) is 109 cm³/mol. The second-order valence-corrected chi connectivity index (χ2v) is 8.55. The monoisotopic (exact) mass is 390 g/mol. The van der Waals surface area contributed by atoms with Crippen LogP contribution in [0.3, 0.4) is 0 Å². The quantitative estimate of drug-likeness (QED) is 0.472. The van der Waals surface area contributed by atoms with Crippen LogP contribution in [0.15, 0.2) is 42.5 Å². The van der Waals surface area contributed by atoms with E-state index in [1.54, 1.807) is 23.5 Å². The van der Waals surface area contributed by atoms with Gasteiger partial charge in [-0.1, -0.05) is 12.1 Å².